The molecule has 2 heterocycles. The molecule has 0 aliphatic carbocycles. The van der Waals surface area contributed by atoms with E-state index in [0.29, 0.717) is 26.3 Å². The van der Waals surface area contributed by atoms with Gasteiger partial charge in [-0.3, -0.25) is 10.1 Å². The molecule has 0 aliphatic heterocycles. The van der Waals surface area contributed by atoms with Crippen LogP contribution in [0.2, 0.25) is 10.0 Å². The third-order valence-corrected chi connectivity index (χ3v) is 5.47. The van der Waals surface area contributed by atoms with Gasteiger partial charge in [0.05, 0.1) is 29.0 Å². The number of halogens is 2. The molecule has 4 aromatic rings. The van der Waals surface area contributed by atoms with Crippen LogP contribution in [-0.2, 0) is 4.74 Å². The van der Waals surface area contributed by atoms with Crippen LogP contribution in [0.3, 0.4) is 0 Å². The first-order valence-corrected chi connectivity index (χ1v) is 9.90. The number of thiazole rings is 1. The van der Waals surface area contributed by atoms with Crippen molar-refractivity contribution < 1.29 is 14.3 Å². The van der Waals surface area contributed by atoms with Gasteiger partial charge in [0.25, 0.3) is 11.9 Å². The molecule has 2 aromatic carbocycles. The number of amides is 1. The third-order valence-electron chi connectivity index (χ3n) is 4.09. The van der Waals surface area contributed by atoms with Crippen molar-refractivity contribution in [3.8, 4) is 11.3 Å². The Hall–Kier alpha value is -2.94. The van der Waals surface area contributed by atoms with Gasteiger partial charge in [0.1, 0.15) is 0 Å². The van der Waals surface area contributed by atoms with Gasteiger partial charge in [0.2, 0.25) is 4.96 Å². The molecule has 1 amide bonds. The second kappa shape index (κ2) is 7.82. The number of carbonyl (C=O) groups excluding carboxylic acids is 2. The van der Waals surface area contributed by atoms with Crippen molar-refractivity contribution in [2.75, 3.05) is 12.4 Å². The predicted octanol–water partition coefficient (Wildman–Crippen LogP) is 4.80. The summed E-state index contributed by atoms with van der Waals surface area (Å²) >= 11 is 13.7. The fourth-order valence-electron chi connectivity index (χ4n) is 2.75. The summed E-state index contributed by atoms with van der Waals surface area (Å²) in [6, 6.07) is 11.5. The Kier molecular flexibility index (Phi) is 5.23. The number of fused-ring (bicyclic) bond motifs is 1. The van der Waals surface area contributed by atoms with Gasteiger partial charge in [-0.05, 0) is 30.3 Å². The summed E-state index contributed by atoms with van der Waals surface area (Å²) in [6.45, 7) is 0. The Morgan fingerprint density at radius 1 is 1.14 bits per heavy atom. The minimum atomic E-state index is -0.604. The zero-order valence-electron chi connectivity index (χ0n) is 14.8. The quantitative estimate of drug-likeness (QED) is 0.454. The summed E-state index contributed by atoms with van der Waals surface area (Å²) in [7, 11) is 1.25. The van der Waals surface area contributed by atoms with Crippen molar-refractivity contribution in [1.29, 1.82) is 0 Å². The van der Waals surface area contributed by atoms with E-state index in [4.69, 9.17) is 27.9 Å². The summed E-state index contributed by atoms with van der Waals surface area (Å²) in [4.78, 5) is 29.4. The number of hydrogen-bond acceptors (Lipinski definition) is 6. The van der Waals surface area contributed by atoms with E-state index in [1.54, 1.807) is 34.8 Å². The highest BCUT2D eigenvalue weighted by Gasteiger charge is 2.20. The number of methoxy groups -OCH3 is 1. The third kappa shape index (κ3) is 3.69. The van der Waals surface area contributed by atoms with Gasteiger partial charge in [-0.15, -0.1) is 16.4 Å². The summed E-state index contributed by atoms with van der Waals surface area (Å²) in [5.41, 5.74) is 1.71. The van der Waals surface area contributed by atoms with Crippen LogP contribution in [0.15, 0.2) is 47.8 Å². The van der Waals surface area contributed by atoms with E-state index in [0.717, 1.165) is 0 Å². The highest BCUT2D eigenvalue weighted by molar-refractivity contribution is 7.15. The summed E-state index contributed by atoms with van der Waals surface area (Å²) in [5.74, 6) is -1.03. The Balaban J connectivity index is 1.67. The van der Waals surface area contributed by atoms with Crippen molar-refractivity contribution in [2.24, 2.45) is 0 Å². The van der Waals surface area contributed by atoms with Crippen LogP contribution < -0.4 is 5.32 Å². The maximum absolute atomic E-state index is 12.7. The maximum atomic E-state index is 12.7. The molecule has 0 atom stereocenters. The van der Waals surface area contributed by atoms with Crippen molar-refractivity contribution >= 4 is 57.3 Å². The molecule has 0 saturated heterocycles. The van der Waals surface area contributed by atoms with Gasteiger partial charge in [0.15, 0.2) is 0 Å². The van der Waals surface area contributed by atoms with Crippen molar-refractivity contribution in [2.45, 2.75) is 0 Å². The molecule has 146 valence electrons. The van der Waals surface area contributed by atoms with Crippen LogP contribution in [0.4, 0.5) is 5.95 Å². The molecule has 0 fully saturated rings. The molecule has 0 saturated carbocycles. The van der Waals surface area contributed by atoms with E-state index < -0.39 is 11.9 Å². The van der Waals surface area contributed by atoms with Gasteiger partial charge in [0, 0.05) is 16.0 Å². The molecule has 0 bridgehead atoms. The van der Waals surface area contributed by atoms with E-state index in [1.165, 1.54) is 30.6 Å². The van der Waals surface area contributed by atoms with E-state index in [1.807, 2.05) is 5.38 Å². The van der Waals surface area contributed by atoms with Crippen molar-refractivity contribution in [3.05, 3.63) is 69.0 Å². The highest BCUT2D eigenvalue weighted by atomic mass is 35.5. The molecule has 0 radical (unpaired) electrons. The van der Waals surface area contributed by atoms with Crippen molar-refractivity contribution in [1.82, 2.24) is 14.6 Å². The fraction of sp³-hybridized carbons (Fsp3) is 0.0526. The van der Waals surface area contributed by atoms with Gasteiger partial charge in [-0.25, -0.2) is 9.31 Å². The van der Waals surface area contributed by atoms with E-state index in [-0.39, 0.29) is 17.1 Å². The first-order valence-electron chi connectivity index (χ1n) is 8.26. The largest absolute Gasteiger partial charge is 0.465 e. The number of hydrogen-bond donors (Lipinski definition) is 1. The number of nitrogens with zero attached hydrogens (tertiary/aromatic N) is 3. The number of nitrogens with one attached hydrogen (secondary N) is 1. The minimum Gasteiger partial charge on any atom is -0.465 e. The van der Waals surface area contributed by atoms with Crippen LogP contribution in [0, 0.1) is 0 Å². The smallest absolute Gasteiger partial charge is 0.338 e. The van der Waals surface area contributed by atoms with Gasteiger partial charge in [-0.1, -0.05) is 35.3 Å². The van der Waals surface area contributed by atoms with Crippen LogP contribution in [0.25, 0.3) is 16.2 Å². The molecule has 0 spiro atoms. The van der Waals surface area contributed by atoms with Crippen molar-refractivity contribution in [3.63, 3.8) is 0 Å². The number of anilines is 1. The first kappa shape index (κ1) is 19.4. The van der Waals surface area contributed by atoms with Crippen LogP contribution in [-0.4, -0.2) is 33.6 Å². The predicted molar refractivity (Wildman–Crippen MR) is 112 cm³/mol. The summed E-state index contributed by atoms with van der Waals surface area (Å²) in [6.07, 6.45) is 0. The van der Waals surface area contributed by atoms with E-state index >= 15 is 0 Å². The summed E-state index contributed by atoms with van der Waals surface area (Å²) in [5, 5.41) is 9.87. The molecular formula is C19H12Cl2N4O3S. The molecule has 10 heteroatoms. The standard InChI is InChI=1S/C19H12Cl2N4O3S/c1-28-17(27)12-5-3-2-4-11(12)16(26)22-18-23-19-25(24-18)15(9-29-19)13-8-10(20)6-7-14(13)21/h2-9H,1H3,(H,22,24,26). The number of carbonyl (C=O) groups is 2. The number of esters is 1. The number of benzene rings is 2. The van der Waals surface area contributed by atoms with Crippen LogP contribution in [0.5, 0.6) is 0 Å². The fourth-order valence-corrected chi connectivity index (χ4v) is 3.96. The minimum absolute atomic E-state index is 0.0981. The topological polar surface area (TPSA) is 85.6 Å². The lowest BCUT2D eigenvalue weighted by molar-refractivity contribution is 0.0597. The number of aromatic nitrogens is 3. The highest BCUT2D eigenvalue weighted by Crippen LogP contribution is 2.33. The SMILES string of the molecule is COC(=O)c1ccccc1C(=O)Nc1nc2scc(-c3cc(Cl)ccc3Cl)n2n1. The Morgan fingerprint density at radius 2 is 1.90 bits per heavy atom. The average molecular weight is 447 g/mol. The molecule has 7 nitrogen and oxygen atoms in total. The Morgan fingerprint density at radius 3 is 2.66 bits per heavy atom. The lowest BCUT2D eigenvalue weighted by atomic mass is 10.1. The average Bonchev–Trinajstić information content (AvgIpc) is 3.29. The van der Waals surface area contributed by atoms with Crippen LogP contribution in [0.1, 0.15) is 20.7 Å². The summed E-state index contributed by atoms with van der Waals surface area (Å²) < 4.78 is 6.30. The molecule has 0 aliphatic rings. The monoisotopic (exact) mass is 446 g/mol. The number of rotatable bonds is 4. The zero-order valence-corrected chi connectivity index (χ0v) is 17.2. The maximum Gasteiger partial charge on any atom is 0.338 e. The van der Waals surface area contributed by atoms with E-state index in [2.05, 4.69) is 15.4 Å². The lowest BCUT2D eigenvalue weighted by Crippen LogP contribution is -2.17. The Bertz CT molecular complexity index is 1250. The van der Waals surface area contributed by atoms with Crippen LogP contribution >= 0.6 is 34.5 Å². The zero-order chi connectivity index (χ0) is 20.5. The Labute approximate surface area is 178 Å². The van der Waals surface area contributed by atoms with E-state index in [9.17, 15) is 9.59 Å². The molecule has 4 rings (SSSR count). The normalized spacial score (nSPS) is 10.9. The van der Waals surface area contributed by atoms with Gasteiger partial charge < -0.3 is 4.74 Å². The second-order valence-corrected chi connectivity index (χ2v) is 7.55. The van der Waals surface area contributed by atoms with Gasteiger partial charge >= 0.3 is 5.97 Å². The van der Waals surface area contributed by atoms with Gasteiger partial charge in [-0.2, -0.15) is 4.98 Å². The lowest BCUT2D eigenvalue weighted by Gasteiger charge is -2.06. The molecule has 0 unspecified atom stereocenters. The molecule has 29 heavy (non-hydrogen) atoms. The molecule has 2 aromatic heterocycles. The second-order valence-electron chi connectivity index (χ2n) is 5.87. The number of ether oxygens (including phenoxy) is 1. The molecule has 1 N–H and O–H groups in total. The molecular weight excluding hydrogens is 435 g/mol. The first-order chi connectivity index (χ1) is 14.0.